The maximum atomic E-state index is 12.9. The van der Waals surface area contributed by atoms with Crippen LogP contribution in [0, 0.1) is 0 Å². The Bertz CT molecular complexity index is 1230. The van der Waals surface area contributed by atoms with Gasteiger partial charge in [0.25, 0.3) is 5.56 Å². The van der Waals surface area contributed by atoms with Crippen molar-refractivity contribution in [3.8, 4) is 28.4 Å². The maximum Gasteiger partial charge on any atom is 0.264 e. The summed E-state index contributed by atoms with van der Waals surface area (Å²) in [5.41, 5.74) is 0.464. The molecule has 1 aliphatic carbocycles. The molecule has 0 spiro atoms. The van der Waals surface area contributed by atoms with Gasteiger partial charge in [-0.2, -0.15) is 0 Å². The van der Waals surface area contributed by atoms with Crippen LogP contribution in [0.4, 0.5) is 0 Å². The average molecular weight is 511 g/mol. The first-order valence-electron chi connectivity index (χ1n) is 11.8. The van der Waals surface area contributed by atoms with Crippen LogP contribution in [0.5, 0.6) is 17.2 Å². The van der Waals surface area contributed by atoms with E-state index in [9.17, 15) is 14.7 Å². The first-order chi connectivity index (χ1) is 17.8. The summed E-state index contributed by atoms with van der Waals surface area (Å²) in [4.78, 5) is 30.0. The molecule has 1 aromatic carbocycles. The van der Waals surface area contributed by atoms with E-state index in [-0.39, 0.29) is 29.6 Å². The third-order valence-electron chi connectivity index (χ3n) is 5.30. The SMILES string of the molecule is C=C(CC)OC(=NC)c1c(O)c(-c2c(OC)cccc2OC)c(COCC)[nH]c1=O.O=C1C=CC=CC1. The van der Waals surface area contributed by atoms with Crippen LogP contribution in [0.3, 0.4) is 0 Å². The minimum Gasteiger partial charge on any atom is -0.506 e. The van der Waals surface area contributed by atoms with Crippen molar-refractivity contribution in [2.75, 3.05) is 27.9 Å². The number of aliphatic imine (C=N–C) groups is 1. The van der Waals surface area contributed by atoms with Crippen molar-refractivity contribution in [1.82, 2.24) is 4.98 Å². The zero-order valence-corrected chi connectivity index (χ0v) is 21.9. The van der Waals surface area contributed by atoms with Gasteiger partial charge in [0.15, 0.2) is 5.78 Å². The number of allylic oxidation sites excluding steroid dienone is 5. The highest BCUT2D eigenvalue weighted by atomic mass is 16.5. The number of hydrogen-bond acceptors (Lipinski definition) is 8. The number of nitrogens with zero attached hydrogens (tertiary/aromatic N) is 1. The quantitative estimate of drug-likeness (QED) is 0.285. The van der Waals surface area contributed by atoms with Crippen molar-refractivity contribution in [3.63, 3.8) is 0 Å². The number of carbonyl (C=O) groups excluding carboxylic acids is 1. The van der Waals surface area contributed by atoms with Gasteiger partial charge in [0.2, 0.25) is 5.90 Å². The largest absolute Gasteiger partial charge is 0.506 e. The van der Waals surface area contributed by atoms with E-state index in [1.54, 1.807) is 30.4 Å². The highest BCUT2D eigenvalue weighted by Gasteiger charge is 2.27. The lowest BCUT2D eigenvalue weighted by molar-refractivity contribution is -0.113. The Hall–Kier alpha value is -4.11. The van der Waals surface area contributed by atoms with Gasteiger partial charge in [-0.25, -0.2) is 0 Å². The fourth-order valence-corrected chi connectivity index (χ4v) is 3.43. The lowest BCUT2D eigenvalue weighted by atomic mass is 9.98. The number of rotatable bonds is 9. The lowest BCUT2D eigenvalue weighted by Crippen LogP contribution is -2.23. The van der Waals surface area contributed by atoms with Crippen LogP contribution in [0.15, 0.2) is 64.6 Å². The van der Waals surface area contributed by atoms with Crippen molar-refractivity contribution >= 4 is 11.7 Å². The van der Waals surface area contributed by atoms with Crippen LogP contribution in [-0.2, 0) is 20.9 Å². The monoisotopic (exact) mass is 510 g/mol. The van der Waals surface area contributed by atoms with Crippen LogP contribution in [0.25, 0.3) is 11.1 Å². The second kappa shape index (κ2) is 14.4. The van der Waals surface area contributed by atoms with Crippen LogP contribution in [0.1, 0.15) is 37.9 Å². The molecule has 1 aliphatic rings. The molecule has 9 nitrogen and oxygen atoms in total. The van der Waals surface area contributed by atoms with Crippen molar-refractivity contribution < 1.29 is 28.8 Å². The van der Waals surface area contributed by atoms with Gasteiger partial charge >= 0.3 is 0 Å². The number of aromatic amines is 1. The molecular weight excluding hydrogens is 476 g/mol. The van der Waals surface area contributed by atoms with Crippen LogP contribution < -0.4 is 15.0 Å². The predicted octanol–water partition coefficient (Wildman–Crippen LogP) is 4.69. The molecule has 1 heterocycles. The smallest absolute Gasteiger partial charge is 0.264 e. The molecule has 37 heavy (non-hydrogen) atoms. The van der Waals surface area contributed by atoms with Gasteiger partial charge in [-0.05, 0) is 25.1 Å². The molecule has 3 rings (SSSR count). The zero-order chi connectivity index (χ0) is 27.4. The predicted molar refractivity (Wildman–Crippen MR) is 143 cm³/mol. The molecule has 0 amide bonds. The summed E-state index contributed by atoms with van der Waals surface area (Å²) in [6.07, 6.45) is 8.17. The second-order valence-electron chi connectivity index (χ2n) is 7.69. The topological polar surface area (TPSA) is 119 Å². The van der Waals surface area contributed by atoms with Gasteiger partial charge in [0, 0.05) is 26.5 Å². The number of aromatic nitrogens is 1. The molecule has 0 radical (unpaired) electrons. The minimum absolute atomic E-state index is 0.0429. The van der Waals surface area contributed by atoms with Crippen molar-refractivity contribution in [3.05, 3.63) is 76.5 Å². The normalized spacial score (nSPS) is 12.6. The number of ketones is 1. The summed E-state index contributed by atoms with van der Waals surface area (Å²) in [6.45, 7) is 7.97. The van der Waals surface area contributed by atoms with Gasteiger partial charge in [0.05, 0.1) is 43.4 Å². The van der Waals surface area contributed by atoms with Gasteiger partial charge in [-0.15, -0.1) is 0 Å². The van der Waals surface area contributed by atoms with E-state index in [1.165, 1.54) is 21.3 Å². The van der Waals surface area contributed by atoms with Crippen molar-refractivity contribution in [2.24, 2.45) is 4.99 Å². The van der Waals surface area contributed by atoms with E-state index < -0.39 is 5.56 Å². The Morgan fingerprint density at radius 3 is 2.24 bits per heavy atom. The molecular formula is C28H34N2O7. The first-order valence-corrected chi connectivity index (χ1v) is 11.8. The number of nitrogens with one attached hydrogen (secondary N) is 1. The molecule has 0 aliphatic heterocycles. The third kappa shape index (κ3) is 7.44. The summed E-state index contributed by atoms with van der Waals surface area (Å²) in [5, 5.41) is 11.3. The standard InChI is InChI=1S/C22H28N2O6.C6H6O/c1-7-13(3)30-22(23-4)19-20(25)17(14(12-29-8-2)24-21(19)26)18-15(27-5)10-9-11-16(18)28-6;7-6-4-2-1-3-5-6/h9-11H,3,7-8,12H2,1-2,4-6H3,(H2,24,25,26);1-4H,5H2. The second-order valence-corrected chi connectivity index (χ2v) is 7.69. The number of benzene rings is 1. The minimum atomic E-state index is -0.565. The summed E-state index contributed by atoms with van der Waals surface area (Å²) < 4.78 is 22.1. The van der Waals surface area contributed by atoms with Gasteiger partial charge < -0.3 is 29.0 Å². The number of H-pyrrole nitrogens is 1. The molecule has 9 heteroatoms. The summed E-state index contributed by atoms with van der Waals surface area (Å²) >= 11 is 0. The molecule has 0 saturated carbocycles. The van der Waals surface area contributed by atoms with Crippen molar-refractivity contribution in [1.29, 1.82) is 0 Å². The molecule has 0 bridgehead atoms. The van der Waals surface area contributed by atoms with Gasteiger partial charge in [-0.1, -0.05) is 37.8 Å². The van der Waals surface area contributed by atoms with Gasteiger partial charge in [-0.3, -0.25) is 14.6 Å². The molecule has 198 valence electrons. The zero-order valence-electron chi connectivity index (χ0n) is 21.9. The molecule has 2 N–H and O–H groups in total. The maximum absolute atomic E-state index is 12.9. The Labute approximate surface area is 216 Å². The molecule has 2 aromatic rings. The fourth-order valence-electron chi connectivity index (χ4n) is 3.43. The van der Waals surface area contributed by atoms with Gasteiger partial charge in [0.1, 0.15) is 22.8 Å². The number of methoxy groups -OCH3 is 2. The molecule has 0 saturated heterocycles. The number of carbonyl (C=O) groups is 1. The summed E-state index contributed by atoms with van der Waals surface area (Å²) in [7, 11) is 4.49. The van der Waals surface area contributed by atoms with Crippen molar-refractivity contribution in [2.45, 2.75) is 33.3 Å². The number of hydrogen-bond donors (Lipinski definition) is 2. The van der Waals surface area contributed by atoms with E-state index in [0.29, 0.717) is 53.5 Å². The highest BCUT2D eigenvalue weighted by molar-refractivity contribution is 6.00. The van der Waals surface area contributed by atoms with Crippen LogP contribution in [-0.4, -0.2) is 49.6 Å². The molecule has 0 unspecified atom stereocenters. The van der Waals surface area contributed by atoms with E-state index in [0.717, 1.165) is 0 Å². The number of pyridine rings is 1. The van der Waals surface area contributed by atoms with E-state index >= 15 is 0 Å². The van der Waals surface area contributed by atoms with E-state index in [4.69, 9.17) is 18.9 Å². The Morgan fingerprint density at radius 1 is 1.11 bits per heavy atom. The Kier molecular flexibility index (Phi) is 11.4. The Balaban J connectivity index is 0.000000591. The number of aromatic hydroxyl groups is 1. The average Bonchev–Trinajstić information content (AvgIpc) is 2.91. The molecule has 0 fully saturated rings. The van der Waals surface area contributed by atoms with E-state index in [1.807, 2.05) is 26.0 Å². The lowest BCUT2D eigenvalue weighted by Gasteiger charge is -2.19. The highest BCUT2D eigenvalue weighted by Crippen LogP contribution is 2.44. The van der Waals surface area contributed by atoms with E-state index in [2.05, 4.69) is 16.6 Å². The molecule has 1 aromatic heterocycles. The van der Waals surface area contributed by atoms with Crippen LogP contribution in [0.2, 0.25) is 0 Å². The third-order valence-corrected chi connectivity index (χ3v) is 5.30. The summed E-state index contributed by atoms with van der Waals surface area (Å²) in [5.74, 6) is 1.15. The number of ether oxygens (including phenoxy) is 4. The fraction of sp³-hybridized carbons (Fsp3) is 0.321. The molecule has 0 atom stereocenters. The Morgan fingerprint density at radius 2 is 1.78 bits per heavy atom. The van der Waals surface area contributed by atoms with Crippen LogP contribution >= 0.6 is 0 Å². The first kappa shape index (κ1) is 29.1. The summed E-state index contributed by atoms with van der Waals surface area (Å²) in [6, 6.07) is 5.23.